The lowest BCUT2D eigenvalue weighted by Crippen LogP contribution is -2.24. The summed E-state index contributed by atoms with van der Waals surface area (Å²) in [5.74, 6) is -0.269. The standard InChI is InChI=1S/C21H24FN5OS/c1-3-4-5-16-8-10-18(11-9-16)27-21(24-25-26-27)29-14-20(28)23-13-17-7-6-15(2)19(22)12-17/h6-12H,3-5,13-14H2,1-2H3,(H,23,28). The van der Waals surface area contributed by atoms with Gasteiger partial charge in [-0.2, -0.15) is 4.68 Å². The van der Waals surface area contributed by atoms with Crippen LogP contribution in [0.1, 0.15) is 36.5 Å². The largest absolute Gasteiger partial charge is 0.351 e. The first-order chi connectivity index (χ1) is 14.1. The number of amides is 1. The summed E-state index contributed by atoms with van der Waals surface area (Å²) < 4.78 is 15.2. The number of rotatable bonds is 9. The highest BCUT2D eigenvalue weighted by Gasteiger charge is 2.12. The Balaban J connectivity index is 1.54. The maximum atomic E-state index is 13.6. The molecule has 0 spiro atoms. The van der Waals surface area contributed by atoms with E-state index in [-0.39, 0.29) is 24.0 Å². The Labute approximate surface area is 173 Å². The van der Waals surface area contributed by atoms with Crippen molar-refractivity contribution in [2.24, 2.45) is 0 Å². The van der Waals surface area contributed by atoms with E-state index in [9.17, 15) is 9.18 Å². The molecular formula is C21H24FN5OS. The number of benzene rings is 2. The Morgan fingerprint density at radius 3 is 2.66 bits per heavy atom. The number of halogens is 1. The number of aromatic nitrogens is 4. The number of thioether (sulfide) groups is 1. The van der Waals surface area contributed by atoms with Crippen LogP contribution in [0.25, 0.3) is 5.69 Å². The van der Waals surface area contributed by atoms with E-state index >= 15 is 0 Å². The molecule has 0 bridgehead atoms. The van der Waals surface area contributed by atoms with Crippen molar-refractivity contribution in [3.8, 4) is 5.69 Å². The summed E-state index contributed by atoms with van der Waals surface area (Å²) in [5.41, 5.74) is 3.44. The van der Waals surface area contributed by atoms with Crippen LogP contribution in [0.5, 0.6) is 0 Å². The highest BCUT2D eigenvalue weighted by atomic mass is 32.2. The fourth-order valence-corrected chi connectivity index (χ4v) is 3.46. The van der Waals surface area contributed by atoms with Crippen LogP contribution in [-0.4, -0.2) is 31.9 Å². The third-order valence-corrected chi connectivity index (χ3v) is 5.42. The van der Waals surface area contributed by atoms with Gasteiger partial charge in [0.25, 0.3) is 0 Å². The molecule has 6 nitrogen and oxygen atoms in total. The molecule has 0 atom stereocenters. The fourth-order valence-electron chi connectivity index (χ4n) is 2.74. The number of unbranched alkanes of at least 4 members (excludes halogenated alkanes) is 1. The highest BCUT2D eigenvalue weighted by molar-refractivity contribution is 7.99. The van der Waals surface area contributed by atoms with Gasteiger partial charge in [0, 0.05) is 6.54 Å². The molecule has 1 heterocycles. The van der Waals surface area contributed by atoms with Crippen LogP contribution in [0, 0.1) is 12.7 Å². The second-order valence-electron chi connectivity index (χ2n) is 6.79. The third kappa shape index (κ3) is 5.87. The first-order valence-corrected chi connectivity index (χ1v) is 10.6. The van der Waals surface area contributed by atoms with E-state index in [1.807, 2.05) is 12.1 Å². The molecule has 0 aliphatic rings. The van der Waals surface area contributed by atoms with Crippen molar-refractivity contribution in [1.82, 2.24) is 25.5 Å². The van der Waals surface area contributed by atoms with Crippen molar-refractivity contribution >= 4 is 17.7 Å². The van der Waals surface area contributed by atoms with Gasteiger partial charge in [-0.15, -0.1) is 5.10 Å². The van der Waals surface area contributed by atoms with Gasteiger partial charge in [-0.1, -0.05) is 49.4 Å². The minimum absolute atomic E-state index is 0.166. The van der Waals surface area contributed by atoms with Crippen molar-refractivity contribution < 1.29 is 9.18 Å². The number of tetrazole rings is 1. The van der Waals surface area contributed by atoms with Crippen LogP contribution in [0.4, 0.5) is 4.39 Å². The van der Waals surface area contributed by atoms with Crippen molar-refractivity contribution in [3.05, 3.63) is 65.0 Å². The van der Waals surface area contributed by atoms with Crippen molar-refractivity contribution in [2.75, 3.05) is 5.75 Å². The predicted octanol–water partition coefficient (Wildman–Crippen LogP) is 3.86. The van der Waals surface area contributed by atoms with Crippen molar-refractivity contribution in [1.29, 1.82) is 0 Å². The monoisotopic (exact) mass is 413 g/mol. The second kappa shape index (κ2) is 10.2. The van der Waals surface area contributed by atoms with Gasteiger partial charge < -0.3 is 5.32 Å². The normalized spacial score (nSPS) is 10.9. The van der Waals surface area contributed by atoms with Crippen LogP contribution < -0.4 is 5.32 Å². The molecule has 2 aromatic carbocycles. The fraction of sp³-hybridized carbons (Fsp3) is 0.333. The van der Waals surface area contributed by atoms with Crippen LogP contribution in [-0.2, 0) is 17.8 Å². The van der Waals surface area contributed by atoms with Crippen LogP contribution >= 0.6 is 11.8 Å². The number of nitrogens with zero attached hydrogens (tertiary/aromatic N) is 4. The van der Waals surface area contributed by atoms with Gasteiger partial charge in [-0.25, -0.2) is 4.39 Å². The first-order valence-electron chi connectivity index (χ1n) is 9.59. The van der Waals surface area contributed by atoms with Gasteiger partial charge in [0.1, 0.15) is 5.82 Å². The number of carbonyl (C=O) groups is 1. The lowest BCUT2D eigenvalue weighted by molar-refractivity contribution is -0.118. The van der Waals surface area contributed by atoms with Gasteiger partial charge in [0.05, 0.1) is 11.4 Å². The molecule has 29 heavy (non-hydrogen) atoms. The molecule has 0 unspecified atom stereocenters. The second-order valence-corrected chi connectivity index (χ2v) is 7.73. The Morgan fingerprint density at radius 2 is 1.93 bits per heavy atom. The number of hydrogen-bond donors (Lipinski definition) is 1. The summed E-state index contributed by atoms with van der Waals surface area (Å²) in [4.78, 5) is 12.2. The summed E-state index contributed by atoms with van der Waals surface area (Å²) in [6.45, 7) is 4.16. The Bertz CT molecular complexity index is 958. The summed E-state index contributed by atoms with van der Waals surface area (Å²) in [6, 6.07) is 13.1. The van der Waals surface area contributed by atoms with E-state index in [0.717, 1.165) is 30.5 Å². The van der Waals surface area contributed by atoms with Gasteiger partial charge in [-0.3, -0.25) is 4.79 Å². The Hall–Kier alpha value is -2.74. The van der Waals surface area contributed by atoms with Gasteiger partial charge >= 0.3 is 0 Å². The highest BCUT2D eigenvalue weighted by Crippen LogP contribution is 2.19. The quantitative estimate of drug-likeness (QED) is 0.539. The summed E-state index contributed by atoms with van der Waals surface area (Å²) in [6.07, 6.45) is 3.38. The third-order valence-electron chi connectivity index (χ3n) is 4.50. The lowest BCUT2D eigenvalue weighted by atomic mass is 10.1. The van der Waals surface area contributed by atoms with E-state index in [1.165, 1.54) is 23.4 Å². The van der Waals surface area contributed by atoms with E-state index in [2.05, 4.69) is 39.9 Å². The molecule has 152 valence electrons. The van der Waals surface area contributed by atoms with Crippen molar-refractivity contribution in [3.63, 3.8) is 0 Å². The van der Waals surface area contributed by atoms with Crippen LogP contribution in [0.2, 0.25) is 0 Å². The van der Waals surface area contributed by atoms with Crippen LogP contribution in [0.15, 0.2) is 47.6 Å². The zero-order valence-corrected chi connectivity index (χ0v) is 17.4. The van der Waals surface area contributed by atoms with Crippen molar-refractivity contribution in [2.45, 2.75) is 44.8 Å². The zero-order valence-electron chi connectivity index (χ0n) is 16.6. The molecule has 1 amide bonds. The van der Waals surface area contributed by atoms with E-state index < -0.39 is 0 Å². The number of hydrogen-bond acceptors (Lipinski definition) is 5. The topological polar surface area (TPSA) is 72.7 Å². The molecule has 1 aromatic heterocycles. The molecule has 0 saturated carbocycles. The SMILES string of the molecule is CCCCc1ccc(-n2nnnc2SCC(=O)NCc2ccc(C)c(F)c2)cc1. The molecule has 3 aromatic rings. The molecule has 0 saturated heterocycles. The number of nitrogens with one attached hydrogen (secondary N) is 1. The van der Waals surface area contributed by atoms with Gasteiger partial charge in [0.2, 0.25) is 11.1 Å². The van der Waals surface area contributed by atoms with Gasteiger partial charge in [0.15, 0.2) is 0 Å². The molecule has 0 aliphatic heterocycles. The zero-order chi connectivity index (χ0) is 20.6. The maximum Gasteiger partial charge on any atom is 0.230 e. The Morgan fingerprint density at radius 1 is 1.17 bits per heavy atom. The van der Waals surface area contributed by atoms with E-state index in [0.29, 0.717) is 10.7 Å². The Kier molecular flexibility index (Phi) is 7.35. The minimum Gasteiger partial charge on any atom is -0.351 e. The van der Waals surface area contributed by atoms with Gasteiger partial charge in [-0.05, 0) is 65.1 Å². The first kappa shape index (κ1) is 21.0. The molecule has 1 N–H and O–H groups in total. The smallest absolute Gasteiger partial charge is 0.230 e. The average molecular weight is 414 g/mol. The predicted molar refractivity (Wildman–Crippen MR) is 111 cm³/mol. The molecular weight excluding hydrogens is 389 g/mol. The van der Waals surface area contributed by atoms with Crippen LogP contribution in [0.3, 0.4) is 0 Å². The molecule has 0 aliphatic carbocycles. The maximum absolute atomic E-state index is 13.6. The number of carbonyl (C=O) groups excluding carboxylic acids is 1. The van der Waals surface area contributed by atoms with E-state index in [1.54, 1.807) is 23.7 Å². The number of aryl methyl sites for hydroxylation is 2. The molecule has 0 fully saturated rings. The molecule has 8 heteroatoms. The average Bonchev–Trinajstić information content (AvgIpc) is 3.20. The lowest BCUT2D eigenvalue weighted by Gasteiger charge is -2.07. The summed E-state index contributed by atoms with van der Waals surface area (Å²) in [7, 11) is 0. The van der Waals surface area contributed by atoms with E-state index in [4.69, 9.17) is 0 Å². The summed E-state index contributed by atoms with van der Waals surface area (Å²) >= 11 is 1.26. The minimum atomic E-state index is -0.272. The molecule has 0 radical (unpaired) electrons. The molecule has 3 rings (SSSR count). The summed E-state index contributed by atoms with van der Waals surface area (Å²) in [5, 5.41) is 15.1.